The van der Waals surface area contributed by atoms with Gasteiger partial charge in [0.1, 0.15) is 0 Å². The first-order valence-electron chi connectivity index (χ1n) is 7.25. The van der Waals surface area contributed by atoms with E-state index in [-0.39, 0.29) is 11.9 Å². The molecule has 0 aliphatic heterocycles. The lowest BCUT2D eigenvalue weighted by Gasteiger charge is -2.15. The summed E-state index contributed by atoms with van der Waals surface area (Å²) in [5, 5.41) is 3.02. The SMILES string of the molecule is Cc1ccccc1CCC(=O)NC(C)c1cccc(N)c1. The highest BCUT2D eigenvalue weighted by atomic mass is 16.1. The maximum absolute atomic E-state index is 12.1. The first-order chi connectivity index (χ1) is 10.1. The zero-order valence-corrected chi connectivity index (χ0v) is 12.6. The fourth-order valence-corrected chi connectivity index (χ4v) is 2.36. The van der Waals surface area contributed by atoms with Gasteiger partial charge in [0.05, 0.1) is 6.04 Å². The molecule has 1 atom stereocenters. The Balaban J connectivity index is 1.89. The molecule has 0 spiro atoms. The van der Waals surface area contributed by atoms with Gasteiger partial charge >= 0.3 is 0 Å². The van der Waals surface area contributed by atoms with Gasteiger partial charge in [0.15, 0.2) is 0 Å². The van der Waals surface area contributed by atoms with Crippen molar-refractivity contribution in [1.82, 2.24) is 5.32 Å². The molecule has 0 aliphatic carbocycles. The number of hydrogen-bond acceptors (Lipinski definition) is 2. The number of rotatable bonds is 5. The molecule has 1 amide bonds. The minimum atomic E-state index is -0.0297. The van der Waals surface area contributed by atoms with Gasteiger partial charge in [-0.25, -0.2) is 0 Å². The van der Waals surface area contributed by atoms with Crippen LogP contribution in [0.4, 0.5) is 5.69 Å². The predicted molar refractivity (Wildman–Crippen MR) is 86.9 cm³/mol. The molecule has 0 bridgehead atoms. The zero-order valence-electron chi connectivity index (χ0n) is 12.6. The number of aryl methyl sites for hydroxylation is 2. The number of amides is 1. The molecule has 0 saturated carbocycles. The number of nitrogens with two attached hydrogens (primary N) is 1. The largest absolute Gasteiger partial charge is 0.399 e. The van der Waals surface area contributed by atoms with Gasteiger partial charge in [0.25, 0.3) is 0 Å². The Hall–Kier alpha value is -2.29. The van der Waals surface area contributed by atoms with Gasteiger partial charge in [-0.2, -0.15) is 0 Å². The van der Waals surface area contributed by atoms with Gasteiger partial charge < -0.3 is 11.1 Å². The highest BCUT2D eigenvalue weighted by Crippen LogP contribution is 2.16. The molecule has 2 rings (SSSR count). The molecule has 0 saturated heterocycles. The average Bonchev–Trinajstić information content (AvgIpc) is 2.46. The van der Waals surface area contributed by atoms with E-state index < -0.39 is 0 Å². The molecule has 0 fully saturated rings. The summed E-state index contributed by atoms with van der Waals surface area (Å²) in [4.78, 5) is 12.1. The molecule has 3 nitrogen and oxygen atoms in total. The van der Waals surface area contributed by atoms with Crippen molar-refractivity contribution in [3.8, 4) is 0 Å². The zero-order chi connectivity index (χ0) is 15.2. The second kappa shape index (κ2) is 6.93. The smallest absolute Gasteiger partial charge is 0.220 e. The van der Waals surface area contributed by atoms with Crippen molar-refractivity contribution in [3.63, 3.8) is 0 Å². The third kappa shape index (κ3) is 4.35. The summed E-state index contributed by atoms with van der Waals surface area (Å²) in [6, 6.07) is 15.8. The Bertz CT molecular complexity index is 622. The number of hydrogen-bond donors (Lipinski definition) is 2. The second-order valence-corrected chi connectivity index (χ2v) is 5.39. The number of carbonyl (C=O) groups excluding carboxylic acids is 1. The average molecular weight is 282 g/mol. The van der Waals surface area contributed by atoms with Crippen molar-refractivity contribution in [2.75, 3.05) is 5.73 Å². The van der Waals surface area contributed by atoms with E-state index in [0.29, 0.717) is 12.1 Å². The van der Waals surface area contributed by atoms with Crippen molar-refractivity contribution in [2.24, 2.45) is 0 Å². The lowest BCUT2D eigenvalue weighted by molar-refractivity contribution is -0.121. The van der Waals surface area contributed by atoms with Crippen LogP contribution < -0.4 is 11.1 Å². The van der Waals surface area contributed by atoms with Crippen molar-refractivity contribution < 1.29 is 4.79 Å². The van der Waals surface area contributed by atoms with Gasteiger partial charge in [-0.15, -0.1) is 0 Å². The Morgan fingerprint density at radius 2 is 1.95 bits per heavy atom. The lowest BCUT2D eigenvalue weighted by Crippen LogP contribution is -2.26. The van der Waals surface area contributed by atoms with Gasteiger partial charge in [-0.05, 0) is 49.1 Å². The van der Waals surface area contributed by atoms with Crippen LogP contribution in [-0.4, -0.2) is 5.91 Å². The van der Waals surface area contributed by atoms with Crippen LogP contribution in [0.5, 0.6) is 0 Å². The Morgan fingerprint density at radius 1 is 1.19 bits per heavy atom. The van der Waals surface area contributed by atoms with Crippen molar-refractivity contribution in [3.05, 3.63) is 65.2 Å². The summed E-state index contributed by atoms with van der Waals surface area (Å²) < 4.78 is 0. The normalized spacial score (nSPS) is 11.9. The molecule has 21 heavy (non-hydrogen) atoms. The van der Waals surface area contributed by atoms with Gasteiger partial charge in [-0.1, -0.05) is 36.4 Å². The fourth-order valence-electron chi connectivity index (χ4n) is 2.36. The first-order valence-corrected chi connectivity index (χ1v) is 7.25. The Morgan fingerprint density at radius 3 is 2.67 bits per heavy atom. The van der Waals surface area contributed by atoms with Crippen LogP contribution in [0, 0.1) is 6.92 Å². The summed E-state index contributed by atoms with van der Waals surface area (Å²) in [7, 11) is 0. The lowest BCUT2D eigenvalue weighted by atomic mass is 10.0. The molecule has 1 unspecified atom stereocenters. The molecule has 0 aliphatic rings. The van der Waals surface area contributed by atoms with Crippen molar-refractivity contribution in [1.29, 1.82) is 0 Å². The molecule has 110 valence electrons. The molecule has 2 aromatic carbocycles. The predicted octanol–water partition coefficient (Wildman–Crippen LogP) is 3.39. The number of carbonyl (C=O) groups is 1. The molecule has 0 heterocycles. The quantitative estimate of drug-likeness (QED) is 0.826. The van der Waals surface area contributed by atoms with Crippen LogP contribution in [-0.2, 0) is 11.2 Å². The van der Waals surface area contributed by atoms with Crippen LogP contribution in [0.15, 0.2) is 48.5 Å². The second-order valence-electron chi connectivity index (χ2n) is 5.39. The van der Waals surface area contributed by atoms with E-state index in [2.05, 4.69) is 24.4 Å². The van der Waals surface area contributed by atoms with Crippen LogP contribution >= 0.6 is 0 Å². The van der Waals surface area contributed by atoms with Crippen LogP contribution in [0.2, 0.25) is 0 Å². The standard InChI is InChI=1S/C18H22N2O/c1-13-6-3-4-7-15(13)10-11-18(21)20-14(2)16-8-5-9-17(19)12-16/h3-9,12,14H,10-11,19H2,1-2H3,(H,20,21). The minimum absolute atomic E-state index is 0.0297. The molecular formula is C18H22N2O. The number of benzene rings is 2. The van der Waals surface area contributed by atoms with E-state index in [1.165, 1.54) is 11.1 Å². The van der Waals surface area contributed by atoms with E-state index >= 15 is 0 Å². The van der Waals surface area contributed by atoms with Crippen molar-refractivity contribution >= 4 is 11.6 Å². The third-order valence-electron chi connectivity index (χ3n) is 3.67. The third-order valence-corrected chi connectivity index (χ3v) is 3.67. The highest BCUT2D eigenvalue weighted by molar-refractivity contribution is 5.76. The molecule has 3 heteroatoms. The molecule has 0 radical (unpaired) electrons. The summed E-state index contributed by atoms with van der Waals surface area (Å²) in [6.07, 6.45) is 1.26. The van der Waals surface area contributed by atoms with Gasteiger partial charge in [0, 0.05) is 12.1 Å². The highest BCUT2D eigenvalue weighted by Gasteiger charge is 2.10. The Labute approximate surface area is 126 Å². The van der Waals surface area contributed by atoms with Crippen molar-refractivity contribution in [2.45, 2.75) is 32.7 Å². The van der Waals surface area contributed by atoms with E-state index in [1.807, 2.05) is 43.3 Å². The topological polar surface area (TPSA) is 55.1 Å². The van der Waals surface area contributed by atoms with E-state index in [0.717, 1.165) is 12.0 Å². The maximum atomic E-state index is 12.1. The molecule has 2 aromatic rings. The summed E-state index contributed by atoms with van der Waals surface area (Å²) in [5.41, 5.74) is 9.97. The maximum Gasteiger partial charge on any atom is 0.220 e. The number of anilines is 1. The molecular weight excluding hydrogens is 260 g/mol. The monoisotopic (exact) mass is 282 g/mol. The number of nitrogen functional groups attached to an aromatic ring is 1. The van der Waals surface area contributed by atoms with E-state index in [1.54, 1.807) is 0 Å². The van der Waals surface area contributed by atoms with Crippen LogP contribution in [0.1, 0.15) is 36.1 Å². The number of nitrogens with one attached hydrogen (secondary N) is 1. The summed E-state index contributed by atoms with van der Waals surface area (Å²) in [5.74, 6) is 0.0631. The van der Waals surface area contributed by atoms with Gasteiger partial charge in [0.2, 0.25) is 5.91 Å². The summed E-state index contributed by atoms with van der Waals surface area (Å²) >= 11 is 0. The first kappa shape index (κ1) is 15.1. The Kier molecular flexibility index (Phi) is 4.99. The van der Waals surface area contributed by atoms with E-state index in [9.17, 15) is 4.79 Å². The van der Waals surface area contributed by atoms with E-state index in [4.69, 9.17) is 5.73 Å². The fraction of sp³-hybridized carbons (Fsp3) is 0.278. The summed E-state index contributed by atoms with van der Waals surface area (Å²) in [6.45, 7) is 4.04. The minimum Gasteiger partial charge on any atom is -0.399 e. The van der Waals surface area contributed by atoms with Crippen LogP contribution in [0.3, 0.4) is 0 Å². The van der Waals surface area contributed by atoms with Crippen LogP contribution in [0.25, 0.3) is 0 Å². The molecule has 3 N–H and O–H groups in total. The van der Waals surface area contributed by atoms with Gasteiger partial charge in [-0.3, -0.25) is 4.79 Å². The molecule has 0 aromatic heterocycles.